The minimum absolute atomic E-state index is 0.276. The van der Waals surface area contributed by atoms with Crippen molar-refractivity contribution in [1.29, 1.82) is 0 Å². The highest BCUT2D eigenvalue weighted by atomic mass is 32.1. The monoisotopic (exact) mass is 729 g/mol. The van der Waals surface area contributed by atoms with Gasteiger partial charge in [-0.2, -0.15) is 0 Å². The fourth-order valence-corrected chi connectivity index (χ4v) is 6.54. The van der Waals surface area contributed by atoms with E-state index in [0.29, 0.717) is 82.9 Å². The summed E-state index contributed by atoms with van der Waals surface area (Å²) in [6.07, 6.45) is 8.28. The summed E-state index contributed by atoms with van der Waals surface area (Å²) in [4.78, 5) is 61.4. The van der Waals surface area contributed by atoms with Crippen molar-refractivity contribution in [1.82, 2.24) is 34.7 Å². The van der Waals surface area contributed by atoms with Crippen LogP contribution >= 0.6 is 22.7 Å². The lowest BCUT2D eigenvalue weighted by molar-refractivity contribution is 0.0942. The first kappa shape index (κ1) is 35.1. The molecule has 0 atom stereocenters. The number of anilines is 2. The van der Waals surface area contributed by atoms with Crippen molar-refractivity contribution in [3.05, 3.63) is 94.5 Å². The minimum Gasteiger partial charge on any atom is -0.496 e. The maximum Gasteiger partial charge on any atom is 0.275 e. The van der Waals surface area contributed by atoms with Crippen molar-refractivity contribution in [3.8, 4) is 11.5 Å². The summed E-state index contributed by atoms with van der Waals surface area (Å²) < 4.78 is 14.3. The van der Waals surface area contributed by atoms with E-state index in [0.717, 1.165) is 0 Å². The zero-order chi connectivity index (χ0) is 35.7. The number of methoxy groups -OCH3 is 2. The summed E-state index contributed by atoms with van der Waals surface area (Å²) >= 11 is 2.86. The van der Waals surface area contributed by atoms with Gasteiger partial charge in [-0.05, 0) is 62.3 Å². The predicted molar refractivity (Wildman–Crippen MR) is 195 cm³/mol. The van der Waals surface area contributed by atoms with E-state index < -0.39 is 0 Å². The molecule has 17 heteroatoms. The number of thiazole rings is 2. The van der Waals surface area contributed by atoms with Gasteiger partial charge in [0.25, 0.3) is 23.6 Å². The molecule has 0 saturated carbocycles. The van der Waals surface area contributed by atoms with Gasteiger partial charge in [0.15, 0.2) is 9.92 Å². The molecular formula is C34H35N9O6S2. The summed E-state index contributed by atoms with van der Waals surface area (Å²) in [7, 11) is 2.96. The minimum atomic E-state index is -0.380. The summed E-state index contributed by atoms with van der Waals surface area (Å²) in [5.41, 5.74) is 2.04. The van der Waals surface area contributed by atoms with E-state index in [-0.39, 0.29) is 35.0 Å². The number of aromatic nitrogens is 4. The van der Waals surface area contributed by atoms with Crippen molar-refractivity contribution < 1.29 is 28.7 Å². The van der Waals surface area contributed by atoms with Crippen LogP contribution in [0.25, 0.3) is 9.92 Å². The Morgan fingerprint density at radius 2 is 1.10 bits per heavy atom. The molecule has 6 aromatic rings. The van der Waals surface area contributed by atoms with Crippen LogP contribution in [0, 0.1) is 0 Å². The third-order valence-corrected chi connectivity index (χ3v) is 9.23. The van der Waals surface area contributed by atoms with Crippen molar-refractivity contribution in [3.63, 3.8) is 0 Å². The molecule has 0 unspecified atom stereocenters. The van der Waals surface area contributed by atoms with Crippen LogP contribution < -0.4 is 36.1 Å². The highest BCUT2D eigenvalue weighted by Crippen LogP contribution is 2.25. The molecule has 6 rings (SSSR count). The lowest BCUT2D eigenvalue weighted by Gasteiger charge is -2.12. The number of hydrogen-bond acceptors (Lipinski definition) is 11. The smallest absolute Gasteiger partial charge is 0.275 e. The Morgan fingerprint density at radius 3 is 1.51 bits per heavy atom. The number of amides is 4. The second-order valence-electron chi connectivity index (χ2n) is 11.1. The number of hydrogen-bond donors (Lipinski definition) is 5. The van der Waals surface area contributed by atoms with Crippen LogP contribution in [-0.2, 0) is 0 Å². The fourth-order valence-electron chi connectivity index (χ4n) is 5.14. The number of ether oxygens (including phenoxy) is 2. The average Bonchev–Trinajstić information content (AvgIpc) is 3.93. The molecule has 15 nitrogen and oxygen atoms in total. The van der Waals surface area contributed by atoms with Crippen LogP contribution in [0.1, 0.15) is 54.5 Å². The van der Waals surface area contributed by atoms with Gasteiger partial charge < -0.3 is 36.1 Å². The zero-order valence-electron chi connectivity index (χ0n) is 27.7. The molecule has 0 bridgehead atoms. The Bertz CT molecular complexity index is 1980. The molecule has 4 heterocycles. The zero-order valence-corrected chi connectivity index (χ0v) is 29.4. The third-order valence-electron chi connectivity index (χ3n) is 7.69. The number of fused-ring (bicyclic) bond motifs is 2. The molecule has 0 aliphatic carbocycles. The standard InChI is InChI=1S/C34H35N9O6S2/c1-48-27-7-5-21(38-31(46)25-19-42-13-15-50-33(42)40-25)17-23(27)29(44)36-11-3-9-35-10-4-12-37-30(45)24-18-22(6-8-28(24)49-2)39-32(47)26-20-43-14-16-51-34(43)41-26/h5-8,13-20,35H,3-4,9-12H2,1-2H3,(H,36,44)(H,37,45)(H,38,46)(H,39,47). The highest BCUT2D eigenvalue weighted by molar-refractivity contribution is 7.15. The molecule has 4 aromatic heterocycles. The number of imidazole rings is 2. The summed E-state index contributed by atoms with van der Waals surface area (Å²) in [6, 6.07) is 9.73. The molecule has 0 aliphatic rings. The Hall–Kier alpha value is -5.78. The Labute approximate surface area is 300 Å². The molecule has 0 saturated heterocycles. The van der Waals surface area contributed by atoms with Crippen LogP contribution in [0.5, 0.6) is 11.5 Å². The number of nitrogens with one attached hydrogen (secondary N) is 5. The molecule has 0 aliphatic heterocycles. The second-order valence-corrected chi connectivity index (χ2v) is 12.9. The lowest BCUT2D eigenvalue weighted by atomic mass is 10.1. The van der Waals surface area contributed by atoms with Gasteiger partial charge in [-0.15, -0.1) is 22.7 Å². The summed E-state index contributed by atoms with van der Waals surface area (Å²) in [5.74, 6) is -0.640. The van der Waals surface area contributed by atoms with Crippen molar-refractivity contribution in [2.45, 2.75) is 12.8 Å². The van der Waals surface area contributed by atoms with Crippen LogP contribution in [0.2, 0.25) is 0 Å². The van der Waals surface area contributed by atoms with E-state index in [2.05, 4.69) is 36.6 Å². The molecule has 51 heavy (non-hydrogen) atoms. The van der Waals surface area contributed by atoms with Crippen molar-refractivity contribution in [2.24, 2.45) is 0 Å². The van der Waals surface area contributed by atoms with Crippen LogP contribution in [-0.4, -0.2) is 82.8 Å². The Kier molecular flexibility index (Phi) is 11.2. The van der Waals surface area contributed by atoms with E-state index in [4.69, 9.17) is 9.47 Å². The topological polar surface area (TPSA) is 181 Å². The molecule has 0 fully saturated rings. The maximum absolute atomic E-state index is 13.0. The van der Waals surface area contributed by atoms with Gasteiger partial charge in [-0.3, -0.25) is 28.0 Å². The van der Waals surface area contributed by atoms with Gasteiger partial charge in [-0.25, -0.2) is 9.97 Å². The number of carbonyl (C=O) groups is 4. The van der Waals surface area contributed by atoms with Gasteiger partial charge in [0, 0.05) is 60.0 Å². The summed E-state index contributed by atoms with van der Waals surface area (Å²) in [6.45, 7) is 2.13. The van der Waals surface area contributed by atoms with Crippen LogP contribution in [0.15, 0.2) is 71.9 Å². The molecule has 0 spiro atoms. The fraction of sp³-hybridized carbons (Fsp3) is 0.235. The number of carbonyl (C=O) groups excluding carboxylic acids is 4. The first-order valence-corrected chi connectivity index (χ1v) is 17.7. The molecular weight excluding hydrogens is 695 g/mol. The van der Waals surface area contributed by atoms with Crippen molar-refractivity contribution in [2.75, 3.05) is 51.0 Å². The molecule has 0 radical (unpaired) electrons. The van der Waals surface area contributed by atoms with E-state index >= 15 is 0 Å². The second kappa shape index (κ2) is 16.3. The van der Waals surface area contributed by atoms with E-state index in [1.807, 2.05) is 23.2 Å². The van der Waals surface area contributed by atoms with Crippen LogP contribution in [0.3, 0.4) is 0 Å². The van der Waals surface area contributed by atoms with Crippen LogP contribution in [0.4, 0.5) is 11.4 Å². The molecule has 4 amide bonds. The average molecular weight is 730 g/mol. The van der Waals surface area contributed by atoms with Crippen molar-refractivity contribution >= 4 is 67.6 Å². The molecule has 264 valence electrons. The van der Waals surface area contributed by atoms with E-state index in [1.165, 1.54) is 36.9 Å². The van der Waals surface area contributed by atoms with Gasteiger partial charge in [-0.1, -0.05) is 0 Å². The highest BCUT2D eigenvalue weighted by Gasteiger charge is 2.18. The SMILES string of the molecule is COc1ccc(NC(=O)c2cn3ccsc3n2)cc1C(=O)NCCCNCCCNC(=O)c1cc(NC(=O)c2cn3ccsc3n2)ccc1OC. The number of rotatable bonds is 16. The lowest BCUT2D eigenvalue weighted by Crippen LogP contribution is -2.30. The predicted octanol–water partition coefficient (Wildman–Crippen LogP) is 4.16. The Balaban J connectivity index is 0.896. The third kappa shape index (κ3) is 8.51. The van der Waals surface area contributed by atoms with E-state index in [9.17, 15) is 19.2 Å². The Morgan fingerprint density at radius 1 is 0.647 bits per heavy atom. The maximum atomic E-state index is 13.0. The first-order valence-electron chi connectivity index (χ1n) is 15.9. The first-order chi connectivity index (χ1) is 24.8. The number of nitrogens with zero attached hydrogens (tertiary/aromatic N) is 4. The number of benzene rings is 2. The summed E-state index contributed by atoms with van der Waals surface area (Å²) in [5, 5.41) is 18.4. The quantitative estimate of drug-likeness (QED) is 0.0915. The normalized spacial score (nSPS) is 11.0. The van der Waals surface area contributed by atoms with E-state index in [1.54, 1.807) is 57.6 Å². The van der Waals surface area contributed by atoms with Gasteiger partial charge in [0.1, 0.15) is 22.9 Å². The largest absolute Gasteiger partial charge is 0.496 e. The van der Waals surface area contributed by atoms with Gasteiger partial charge in [0.2, 0.25) is 0 Å². The molecule has 5 N–H and O–H groups in total. The van der Waals surface area contributed by atoms with Gasteiger partial charge >= 0.3 is 0 Å². The molecule has 2 aromatic carbocycles. The van der Waals surface area contributed by atoms with Gasteiger partial charge in [0.05, 0.1) is 25.3 Å².